The van der Waals surface area contributed by atoms with Crippen molar-refractivity contribution in [1.82, 2.24) is 9.58 Å². The van der Waals surface area contributed by atoms with E-state index in [1.807, 2.05) is 41.4 Å². The quantitative estimate of drug-likeness (QED) is 0.537. The Labute approximate surface area is 197 Å². The molecule has 1 N–H and O–H groups in total. The van der Waals surface area contributed by atoms with E-state index < -0.39 is 40.9 Å². The SMILES string of the molecule is O=C1c2c(O)c(=O)ccn2N([C@@H]2c3ccccc3SCc3c2ccc(F)c3F)[C@@H]2CC=CCN12. The van der Waals surface area contributed by atoms with Crippen molar-refractivity contribution in [2.75, 3.05) is 11.6 Å². The fourth-order valence-corrected chi connectivity index (χ4v) is 6.17. The smallest absolute Gasteiger partial charge is 0.278 e. The summed E-state index contributed by atoms with van der Waals surface area (Å²) in [5.41, 5.74) is 0.899. The maximum Gasteiger partial charge on any atom is 0.278 e. The summed E-state index contributed by atoms with van der Waals surface area (Å²) >= 11 is 1.42. The largest absolute Gasteiger partial charge is 0.502 e. The Balaban J connectivity index is 1.68. The van der Waals surface area contributed by atoms with Gasteiger partial charge in [-0.1, -0.05) is 36.4 Å². The fraction of sp³-hybridized carbons (Fsp3) is 0.200. The fourth-order valence-electron chi connectivity index (χ4n) is 5.06. The number of rotatable bonds is 1. The molecule has 1 amide bonds. The third kappa shape index (κ3) is 2.93. The average Bonchev–Trinajstić information content (AvgIpc) is 3.01. The Morgan fingerprint density at radius 2 is 1.82 bits per heavy atom. The van der Waals surface area contributed by atoms with Gasteiger partial charge in [0.1, 0.15) is 6.17 Å². The first-order valence-corrected chi connectivity index (χ1v) is 11.8. The van der Waals surface area contributed by atoms with Crippen molar-refractivity contribution in [1.29, 1.82) is 0 Å². The first kappa shape index (κ1) is 21.0. The number of halogens is 2. The van der Waals surface area contributed by atoms with Gasteiger partial charge in [-0.25, -0.2) is 8.78 Å². The van der Waals surface area contributed by atoms with E-state index in [1.165, 1.54) is 28.7 Å². The van der Waals surface area contributed by atoms with Gasteiger partial charge in [0.2, 0.25) is 5.43 Å². The van der Waals surface area contributed by atoms with Gasteiger partial charge >= 0.3 is 0 Å². The topological polar surface area (TPSA) is 65.8 Å². The lowest BCUT2D eigenvalue weighted by Crippen LogP contribution is -2.63. The molecule has 0 saturated heterocycles. The van der Waals surface area contributed by atoms with Crippen molar-refractivity contribution in [2.24, 2.45) is 0 Å². The van der Waals surface area contributed by atoms with Crippen LogP contribution in [0.3, 0.4) is 0 Å². The van der Waals surface area contributed by atoms with Gasteiger partial charge in [0.25, 0.3) is 5.91 Å². The van der Waals surface area contributed by atoms with Gasteiger partial charge in [0.15, 0.2) is 23.1 Å². The van der Waals surface area contributed by atoms with Crippen molar-refractivity contribution in [2.45, 2.75) is 29.3 Å². The molecule has 9 heteroatoms. The second kappa shape index (κ2) is 7.73. The molecule has 3 aliphatic rings. The minimum Gasteiger partial charge on any atom is -0.502 e. The van der Waals surface area contributed by atoms with Crippen LogP contribution in [0.5, 0.6) is 5.75 Å². The molecular weight excluding hydrogens is 460 g/mol. The molecular formula is C25H19F2N3O3S. The normalized spacial score (nSPS) is 20.8. The minimum absolute atomic E-state index is 0.141. The van der Waals surface area contributed by atoms with Crippen LogP contribution in [0.1, 0.15) is 39.6 Å². The molecule has 6 rings (SSSR count). The van der Waals surface area contributed by atoms with E-state index in [-0.39, 0.29) is 17.0 Å². The standard InChI is InChI=1S/C25H19F2N3O3S/c26-17-9-8-14-16(21(17)27)13-34-19-6-2-1-5-15(19)22(14)30-20-7-3-4-11-28(20)25(33)23-24(32)18(31)10-12-29(23)30/h1-6,8-10,12,20,22,32H,7,11,13H2/t20-,22+/m1/s1. The molecule has 6 nitrogen and oxygen atoms in total. The second-order valence-corrected chi connectivity index (χ2v) is 9.42. The van der Waals surface area contributed by atoms with Gasteiger partial charge in [0, 0.05) is 41.4 Å². The molecule has 2 atom stereocenters. The highest BCUT2D eigenvalue weighted by Gasteiger charge is 2.44. The van der Waals surface area contributed by atoms with Crippen LogP contribution in [-0.2, 0) is 5.75 Å². The molecule has 0 aliphatic carbocycles. The molecule has 3 aliphatic heterocycles. The molecule has 3 aromatic rings. The number of aromatic nitrogens is 1. The molecule has 1 aromatic heterocycles. The zero-order valence-electron chi connectivity index (χ0n) is 17.8. The summed E-state index contributed by atoms with van der Waals surface area (Å²) in [5.74, 6) is -2.65. The van der Waals surface area contributed by atoms with Crippen LogP contribution in [0.25, 0.3) is 0 Å². The predicted molar refractivity (Wildman–Crippen MR) is 123 cm³/mol. The van der Waals surface area contributed by atoms with E-state index in [9.17, 15) is 19.1 Å². The van der Waals surface area contributed by atoms with Crippen LogP contribution in [-0.4, -0.2) is 33.3 Å². The molecule has 2 aromatic carbocycles. The van der Waals surface area contributed by atoms with Crippen LogP contribution in [0.15, 0.2) is 70.5 Å². The van der Waals surface area contributed by atoms with Crippen LogP contribution in [0.2, 0.25) is 0 Å². The van der Waals surface area contributed by atoms with Crippen molar-refractivity contribution in [3.63, 3.8) is 0 Å². The summed E-state index contributed by atoms with van der Waals surface area (Å²) < 4.78 is 30.8. The van der Waals surface area contributed by atoms with Crippen LogP contribution >= 0.6 is 11.8 Å². The van der Waals surface area contributed by atoms with Gasteiger partial charge in [0.05, 0.1) is 6.04 Å². The first-order valence-electron chi connectivity index (χ1n) is 10.8. The van der Waals surface area contributed by atoms with Crippen LogP contribution < -0.4 is 10.4 Å². The zero-order valence-corrected chi connectivity index (χ0v) is 18.6. The van der Waals surface area contributed by atoms with Crippen molar-refractivity contribution >= 4 is 17.7 Å². The van der Waals surface area contributed by atoms with E-state index >= 15 is 4.39 Å². The lowest BCUT2D eigenvalue weighted by molar-refractivity contribution is 0.0569. The summed E-state index contributed by atoms with van der Waals surface area (Å²) in [6, 6.07) is 11.0. The summed E-state index contributed by atoms with van der Waals surface area (Å²) in [6.45, 7) is 0.302. The molecule has 4 heterocycles. The number of amides is 1. The van der Waals surface area contributed by atoms with Crippen LogP contribution in [0, 0.1) is 11.6 Å². The second-order valence-electron chi connectivity index (χ2n) is 8.41. The van der Waals surface area contributed by atoms with Gasteiger partial charge < -0.3 is 10.0 Å². The molecule has 0 saturated carbocycles. The number of fused-ring (bicyclic) bond motifs is 4. The summed E-state index contributed by atoms with van der Waals surface area (Å²) in [6.07, 6.45) is 5.32. The molecule has 0 fully saturated rings. The highest BCUT2D eigenvalue weighted by Crippen LogP contribution is 2.45. The third-order valence-electron chi connectivity index (χ3n) is 6.62. The Hall–Kier alpha value is -3.59. The predicted octanol–water partition coefficient (Wildman–Crippen LogP) is 3.91. The summed E-state index contributed by atoms with van der Waals surface area (Å²) in [5, 5.41) is 12.5. The highest BCUT2D eigenvalue weighted by atomic mass is 32.2. The van der Waals surface area contributed by atoms with Crippen molar-refractivity contribution < 1.29 is 18.7 Å². The third-order valence-corrected chi connectivity index (χ3v) is 7.74. The van der Waals surface area contributed by atoms with Crippen LogP contribution in [0.4, 0.5) is 8.78 Å². The number of thioether (sulfide) groups is 1. The lowest BCUT2D eigenvalue weighted by atomic mass is 9.92. The molecule has 0 radical (unpaired) electrons. The number of pyridine rings is 1. The number of hydrogen-bond donors (Lipinski definition) is 1. The van der Waals surface area contributed by atoms with Gasteiger partial charge in [-0.05, 0) is 23.3 Å². The first-order chi connectivity index (χ1) is 16.5. The van der Waals surface area contributed by atoms with E-state index in [4.69, 9.17) is 0 Å². The lowest BCUT2D eigenvalue weighted by Gasteiger charge is -2.50. The average molecular weight is 480 g/mol. The maximum absolute atomic E-state index is 15.1. The Morgan fingerprint density at radius 3 is 2.68 bits per heavy atom. The monoisotopic (exact) mass is 479 g/mol. The molecule has 0 unspecified atom stereocenters. The number of hydrogen-bond acceptors (Lipinski definition) is 5. The van der Waals surface area contributed by atoms with Crippen molar-refractivity contribution in [3.05, 3.63) is 105 Å². The Kier molecular flexibility index (Phi) is 4.77. The minimum atomic E-state index is -0.915. The van der Waals surface area contributed by atoms with Gasteiger partial charge in [-0.2, -0.15) is 0 Å². The summed E-state index contributed by atoms with van der Waals surface area (Å²) in [4.78, 5) is 28.1. The number of aromatic hydroxyl groups is 1. The number of nitrogens with zero attached hydrogens (tertiary/aromatic N) is 3. The number of benzene rings is 2. The Morgan fingerprint density at radius 1 is 1.00 bits per heavy atom. The van der Waals surface area contributed by atoms with E-state index in [2.05, 4.69) is 0 Å². The number of carbonyl (C=O) groups excluding carboxylic acids is 1. The van der Waals surface area contributed by atoms with Gasteiger partial charge in [-0.3, -0.25) is 19.3 Å². The molecule has 0 spiro atoms. The van der Waals surface area contributed by atoms with Gasteiger partial charge in [-0.15, -0.1) is 11.8 Å². The maximum atomic E-state index is 15.1. The Bertz CT molecular complexity index is 1440. The molecule has 0 bridgehead atoms. The van der Waals surface area contributed by atoms with E-state index in [0.717, 1.165) is 16.5 Å². The van der Waals surface area contributed by atoms with E-state index in [0.29, 0.717) is 18.5 Å². The number of carbonyl (C=O) groups is 1. The highest BCUT2D eigenvalue weighted by molar-refractivity contribution is 7.98. The molecule has 172 valence electrons. The van der Waals surface area contributed by atoms with E-state index in [1.54, 1.807) is 11.0 Å². The summed E-state index contributed by atoms with van der Waals surface area (Å²) in [7, 11) is 0. The molecule has 34 heavy (non-hydrogen) atoms. The van der Waals surface area contributed by atoms with Crippen molar-refractivity contribution in [3.8, 4) is 5.75 Å². The zero-order chi connectivity index (χ0) is 23.6.